The van der Waals surface area contributed by atoms with Gasteiger partial charge < -0.3 is 9.47 Å². The lowest BCUT2D eigenvalue weighted by molar-refractivity contribution is -0.100. The molecule has 5 heteroatoms. The van der Waals surface area contributed by atoms with Gasteiger partial charge in [-0.3, -0.25) is 0 Å². The molecule has 1 saturated heterocycles. The second-order valence-corrected chi connectivity index (χ2v) is 5.41. The minimum Gasteiger partial charge on any atom is -0.381 e. The van der Waals surface area contributed by atoms with Crippen molar-refractivity contribution in [1.29, 1.82) is 0 Å². The van der Waals surface area contributed by atoms with Crippen molar-refractivity contribution in [2.45, 2.75) is 37.2 Å². The van der Waals surface area contributed by atoms with E-state index >= 15 is 0 Å². The van der Waals surface area contributed by atoms with Crippen LogP contribution in [0.5, 0.6) is 0 Å². The molecule has 18 heavy (non-hydrogen) atoms. The van der Waals surface area contributed by atoms with Crippen molar-refractivity contribution < 1.29 is 9.47 Å². The third kappa shape index (κ3) is 2.25. The van der Waals surface area contributed by atoms with Gasteiger partial charge in [-0.25, -0.2) is 9.97 Å². The monoisotopic (exact) mass is 268 g/mol. The summed E-state index contributed by atoms with van der Waals surface area (Å²) in [5, 5.41) is 0.518. The number of rotatable bonds is 3. The van der Waals surface area contributed by atoms with Crippen molar-refractivity contribution in [1.82, 2.24) is 9.97 Å². The fraction of sp³-hybridized carbons (Fsp3) is 0.692. The van der Waals surface area contributed by atoms with Gasteiger partial charge in [0.25, 0.3) is 0 Å². The summed E-state index contributed by atoms with van der Waals surface area (Å²) in [7, 11) is 1.71. The zero-order chi connectivity index (χ0) is 12.6. The molecule has 3 rings (SSSR count). The van der Waals surface area contributed by atoms with Crippen molar-refractivity contribution in [3.63, 3.8) is 0 Å². The number of ether oxygens (including phenoxy) is 2. The number of hydrogen-bond donors (Lipinski definition) is 0. The third-order valence-electron chi connectivity index (χ3n) is 3.81. The van der Waals surface area contributed by atoms with Gasteiger partial charge in [-0.15, -0.1) is 0 Å². The minimum atomic E-state index is -0.424. The molecular formula is C13H17ClN2O2. The first-order valence-electron chi connectivity index (χ1n) is 6.41. The maximum atomic E-state index is 6.12. The summed E-state index contributed by atoms with van der Waals surface area (Å²) in [6.07, 6.45) is 3.98. The van der Waals surface area contributed by atoms with Crippen molar-refractivity contribution in [2.24, 2.45) is 0 Å². The van der Waals surface area contributed by atoms with Gasteiger partial charge in [0.2, 0.25) is 0 Å². The smallest absolute Gasteiger partial charge is 0.162 e. The minimum absolute atomic E-state index is 0.424. The molecule has 0 unspecified atom stereocenters. The number of methoxy groups -OCH3 is 1. The van der Waals surface area contributed by atoms with E-state index in [1.54, 1.807) is 7.11 Å². The largest absolute Gasteiger partial charge is 0.381 e. The highest BCUT2D eigenvalue weighted by atomic mass is 35.5. The molecule has 2 heterocycles. The number of aromatic nitrogens is 2. The van der Waals surface area contributed by atoms with Gasteiger partial charge in [0.05, 0.1) is 0 Å². The first-order chi connectivity index (χ1) is 8.73. The summed E-state index contributed by atoms with van der Waals surface area (Å²) in [6, 6.07) is 1.88. The van der Waals surface area contributed by atoms with Crippen LogP contribution >= 0.6 is 11.6 Å². The van der Waals surface area contributed by atoms with Crippen LogP contribution in [0.4, 0.5) is 0 Å². The van der Waals surface area contributed by atoms with Crippen LogP contribution in [0.15, 0.2) is 6.07 Å². The lowest BCUT2D eigenvalue weighted by Gasteiger charge is -2.34. The Labute approximate surface area is 112 Å². The Balaban J connectivity index is 1.97. The highest BCUT2D eigenvalue weighted by Gasteiger charge is 2.38. The molecule has 0 N–H and O–H groups in total. The third-order valence-corrected chi connectivity index (χ3v) is 4.00. The van der Waals surface area contributed by atoms with Crippen LogP contribution in [0.3, 0.4) is 0 Å². The normalized spacial score (nSPS) is 23.0. The maximum absolute atomic E-state index is 6.12. The SMILES string of the molecule is COC1(c2nc(Cl)cc(C3CC3)n2)CCOCC1. The quantitative estimate of drug-likeness (QED) is 0.791. The highest BCUT2D eigenvalue weighted by molar-refractivity contribution is 6.29. The number of nitrogens with zero attached hydrogens (tertiary/aromatic N) is 2. The van der Waals surface area contributed by atoms with Crippen LogP contribution in [0.1, 0.15) is 43.1 Å². The van der Waals surface area contributed by atoms with Crippen LogP contribution in [-0.4, -0.2) is 30.3 Å². The maximum Gasteiger partial charge on any atom is 0.162 e. The van der Waals surface area contributed by atoms with E-state index in [4.69, 9.17) is 21.1 Å². The Morgan fingerprint density at radius 2 is 2.06 bits per heavy atom. The second-order valence-electron chi connectivity index (χ2n) is 5.02. The molecule has 1 saturated carbocycles. The molecule has 2 fully saturated rings. The first-order valence-corrected chi connectivity index (χ1v) is 6.79. The van der Waals surface area contributed by atoms with E-state index in [0.717, 1.165) is 24.4 Å². The molecule has 1 aromatic heterocycles. The standard InChI is InChI=1S/C13H17ClN2O2/c1-17-13(4-6-18-7-5-13)12-15-10(9-2-3-9)8-11(14)16-12/h8-9H,2-7H2,1H3. The first kappa shape index (κ1) is 12.3. The summed E-state index contributed by atoms with van der Waals surface area (Å²) in [4.78, 5) is 9.07. The van der Waals surface area contributed by atoms with Crippen molar-refractivity contribution >= 4 is 11.6 Å². The van der Waals surface area contributed by atoms with Gasteiger partial charge in [0.15, 0.2) is 5.82 Å². The average Bonchev–Trinajstić information content (AvgIpc) is 3.23. The lowest BCUT2D eigenvalue weighted by Crippen LogP contribution is -2.37. The number of halogens is 1. The Morgan fingerprint density at radius 3 is 2.67 bits per heavy atom. The van der Waals surface area contributed by atoms with Crippen molar-refractivity contribution in [2.75, 3.05) is 20.3 Å². The van der Waals surface area contributed by atoms with E-state index in [-0.39, 0.29) is 0 Å². The summed E-state index contributed by atoms with van der Waals surface area (Å²) in [5.41, 5.74) is 0.639. The molecule has 1 aliphatic heterocycles. The Kier molecular flexibility index (Phi) is 3.26. The number of hydrogen-bond acceptors (Lipinski definition) is 4. The van der Waals surface area contributed by atoms with Crippen LogP contribution in [0.2, 0.25) is 5.15 Å². The Hall–Kier alpha value is -0.710. The molecule has 1 aliphatic carbocycles. The second kappa shape index (κ2) is 4.76. The average molecular weight is 269 g/mol. The van der Waals surface area contributed by atoms with E-state index in [2.05, 4.69) is 9.97 Å². The predicted molar refractivity (Wildman–Crippen MR) is 67.8 cm³/mol. The summed E-state index contributed by atoms with van der Waals surface area (Å²) in [6.45, 7) is 1.37. The van der Waals surface area contributed by atoms with E-state index in [0.29, 0.717) is 24.3 Å². The van der Waals surface area contributed by atoms with Gasteiger partial charge >= 0.3 is 0 Å². The predicted octanol–water partition coefficient (Wildman–Crippen LogP) is 2.66. The van der Waals surface area contributed by atoms with Crippen molar-refractivity contribution in [3.8, 4) is 0 Å². The van der Waals surface area contributed by atoms with Crippen LogP contribution in [0.25, 0.3) is 0 Å². The van der Waals surface area contributed by atoms with Gasteiger partial charge in [0.1, 0.15) is 10.8 Å². The molecule has 0 atom stereocenters. The van der Waals surface area contributed by atoms with Gasteiger partial charge in [-0.1, -0.05) is 11.6 Å². The van der Waals surface area contributed by atoms with E-state index in [9.17, 15) is 0 Å². The molecule has 1 aromatic rings. The zero-order valence-corrected chi connectivity index (χ0v) is 11.2. The molecular weight excluding hydrogens is 252 g/mol. The molecule has 0 aromatic carbocycles. The summed E-state index contributed by atoms with van der Waals surface area (Å²) < 4.78 is 11.1. The van der Waals surface area contributed by atoms with E-state index < -0.39 is 5.60 Å². The molecule has 98 valence electrons. The summed E-state index contributed by atoms with van der Waals surface area (Å²) in [5.74, 6) is 1.29. The Bertz CT molecular complexity index is 443. The molecule has 0 radical (unpaired) electrons. The van der Waals surface area contributed by atoms with Crippen LogP contribution < -0.4 is 0 Å². The molecule has 4 nitrogen and oxygen atoms in total. The van der Waals surface area contributed by atoms with Crippen LogP contribution in [0, 0.1) is 0 Å². The molecule has 2 aliphatic rings. The molecule has 0 spiro atoms. The van der Waals surface area contributed by atoms with Crippen LogP contribution in [-0.2, 0) is 15.1 Å². The van der Waals surface area contributed by atoms with Gasteiger partial charge in [-0.05, 0) is 18.9 Å². The topological polar surface area (TPSA) is 44.2 Å². The Morgan fingerprint density at radius 1 is 1.33 bits per heavy atom. The van der Waals surface area contributed by atoms with E-state index in [1.807, 2.05) is 6.07 Å². The zero-order valence-electron chi connectivity index (χ0n) is 10.5. The van der Waals surface area contributed by atoms with E-state index in [1.165, 1.54) is 12.8 Å². The molecule has 0 bridgehead atoms. The van der Waals surface area contributed by atoms with Gasteiger partial charge in [0, 0.05) is 44.8 Å². The molecule has 0 amide bonds. The fourth-order valence-corrected chi connectivity index (χ4v) is 2.64. The van der Waals surface area contributed by atoms with Crippen molar-refractivity contribution in [3.05, 3.63) is 22.7 Å². The highest BCUT2D eigenvalue weighted by Crippen LogP contribution is 2.41. The van der Waals surface area contributed by atoms with Gasteiger partial charge in [-0.2, -0.15) is 0 Å². The fourth-order valence-electron chi connectivity index (χ4n) is 2.45. The lowest BCUT2D eigenvalue weighted by atomic mass is 9.93. The summed E-state index contributed by atoms with van der Waals surface area (Å²) >= 11 is 6.12.